The van der Waals surface area contributed by atoms with Gasteiger partial charge in [0.25, 0.3) is 9.05 Å². The van der Waals surface area contributed by atoms with Gasteiger partial charge in [-0.1, -0.05) is 0 Å². The molecule has 0 aromatic carbocycles. The lowest BCUT2D eigenvalue weighted by atomic mass is 9.95. The number of esters is 1. The number of carbonyl (C=O) groups excluding carboxylic acids is 1. The lowest BCUT2D eigenvalue weighted by Gasteiger charge is -2.27. The number of methoxy groups -OCH3 is 1. The summed E-state index contributed by atoms with van der Waals surface area (Å²) in [6, 6.07) is 0. The second-order valence-electron chi connectivity index (χ2n) is 5.02. The van der Waals surface area contributed by atoms with Gasteiger partial charge in [0, 0.05) is 24.2 Å². The first-order chi connectivity index (χ1) is 9.82. The maximum Gasteiger partial charge on any atom is 0.360 e. The molecule has 1 fully saturated rings. The van der Waals surface area contributed by atoms with E-state index in [4.69, 9.17) is 20.2 Å². The van der Waals surface area contributed by atoms with Crippen LogP contribution < -0.4 is 0 Å². The van der Waals surface area contributed by atoms with Crippen LogP contribution in [-0.4, -0.2) is 43.9 Å². The SMILES string of the molecule is COC1CCCC(OC(=O)c2n[nH]c(C)c2S(=O)(=O)Cl)C1. The number of nitrogens with zero attached hydrogens (tertiary/aromatic N) is 1. The molecule has 0 saturated heterocycles. The van der Waals surface area contributed by atoms with E-state index in [9.17, 15) is 13.2 Å². The van der Waals surface area contributed by atoms with Crippen LogP contribution in [0.4, 0.5) is 0 Å². The fourth-order valence-electron chi connectivity index (χ4n) is 2.49. The number of aromatic amines is 1. The largest absolute Gasteiger partial charge is 0.457 e. The Hall–Kier alpha value is -1.12. The van der Waals surface area contributed by atoms with Gasteiger partial charge in [0.2, 0.25) is 0 Å². The third-order valence-electron chi connectivity index (χ3n) is 3.51. The van der Waals surface area contributed by atoms with E-state index in [1.165, 1.54) is 6.92 Å². The van der Waals surface area contributed by atoms with Crippen LogP contribution in [0.25, 0.3) is 0 Å². The monoisotopic (exact) mass is 336 g/mol. The molecule has 0 spiro atoms. The topological polar surface area (TPSA) is 98.3 Å². The summed E-state index contributed by atoms with van der Waals surface area (Å²) in [5, 5.41) is 6.14. The molecule has 118 valence electrons. The van der Waals surface area contributed by atoms with Gasteiger partial charge in [-0.15, -0.1) is 0 Å². The van der Waals surface area contributed by atoms with Crippen LogP contribution in [0.3, 0.4) is 0 Å². The maximum absolute atomic E-state index is 12.1. The molecule has 1 N–H and O–H groups in total. The molecule has 2 atom stereocenters. The molecule has 7 nitrogen and oxygen atoms in total. The molecular formula is C12H17ClN2O5S. The molecule has 2 unspecified atom stereocenters. The normalized spacial score (nSPS) is 23.0. The molecule has 0 amide bonds. The van der Waals surface area contributed by atoms with Gasteiger partial charge in [-0.05, 0) is 26.2 Å². The van der Waals surface area contributed by atoms with Crippen LogP contribution in [0.1, 0.15) is 41.9 Å². The van der Waals surface area contributed by atoms with Crippen molar-refractivity contribution in [2.24, 2.45) is 0 Å². The summed E-state index contributed by atoms with van der Waals surface area (Å²) in [5.41, 5.74) is -0.0996. The van der Waals surface area contributed by atoms with Crippen LogP contribution in [0.5, 0.6) is 0 Å². The van der Waals surface area contributed by atoms with E-state index in [0.717, 1.165) is 19.3 Å². The van der Waals surface area contributed by atoms with Gasteiger partial charge in [-0.2, -0.15) is 5.10 Å². The van der Waals surface area contributed by atoms with Gasteiger partial charge in [-0.3, -0.25) is 5.10 Å². The minimum Gasteiger partial charge on any atom is -0.457 e. The Morgan fingerprint density at radius 3 is 2.67 bits per heavy atom. The Bertz CT molecular complexity index is 628. The van der Waals surface area contributed by atoms with E-state index in [1.807, 2.05) is 0 Å². The van der Waals surface area contributed by atoms with Crippen molar-refractivity contribution in [1.29, 1.82) is 0 Å². The van der Waals surface area contributed by atoms with E-state index in [-0.39, 0.29) is 28.5 Å². The van der Waals surface area contributed by atoms with Crippen molar-refractivity contribution in [2.45, 2.75) is 49.7 Å². The zero-order valence-corrected chi connectivity index (χ0v) is 13.3. The van der Waals surface area contributed by atoms with E-state index < -0.39 is 15.0 Å². The van der Waals surface area contributed by atoms with Gasteiger partial charge in [0.15, 0.2) is 5.69 Å². The van der Waals surface area contributed by atoms with Gasteiger partial charge < -0.3 is 9.47 Å². The van der Waals surface area contributed by atoms with Crippen LogP contribution >= 0.6 is 10.7 Å². The highest BCUT2D eigenvalue weighted by atomic mass is 35.7. The maximum atomic E-state index is 12.1. The molecule has 1 aliphatic rings. The number of rotatable bonds is 4. The number of H-pyrrole nitrogens is 1. The van der Waals surface area contributed by atoms with Crippen molar-refractivity contribution in [2.75, 3.05) is 7.11 Å². The predicted molar refractivity (Wildman–Crippen MR) is 74.8 cm³/mol. The number of hydrogen-bond acceptors (Lipinski definition) is 6. The zero-order chi connectivity index (χ0) is 15.6. The Balaban J connectivity index is 2.15. The summed E-state index contributed by atoms with van der Waals surface area (Å²) in [5.74, 6) is -0.791. The molecule has 0 radical (unpaired) electrons. The average Bonchev–Trinajstić information content (AvgIpc) is 2.81. The summed E-state index contributed by atoms with van der Waals surface area (Å²) in [4.78, 5) is 11.8. The number of aromatic nitrogens is 2. The highest BCUT2D eigenvalue weighted by Crippen LogP contribution is 2.26. The van der Waals surface area contributed by atoms with Crippen LogP contribution in [0.15, 0.2) is 4.90 Å². The first-order valence-electron chi connectivity index (χ1n) is 6.56. The van der Waals surface area contributed by atoms with Gasteiger partial charge in [0.1, 0.15) is 11.0 Å². The molecule has 1 aliphatic carbocycles. The predicted octanol–water partition coefficient (Wildman–Crippen LogP) is 1.76. The van der Waals surface area contributed by atoms with Crippen LogP contribution in [-0.2, 0) is 18.5 Å². The molecule has 0 aliphatic heterocycles. The van der Waals surface area contributed by atoms with E-state index in [0.29, 0.717) is 6.42 Å². The van der Waals surface area contributed by atoms with E-state index in [1.54, 1.807) is 7.11 Å². The molecule has 1 saturated carbocycles. The first kappa shape index (κ1) is 16.3. The van der Waals surface area contributed by atoms with Crippen LogP contribution in [0, 0.1) is 6.92 Å². The fraction of sp³-hybridized carbons (Fsp3) is 0.667. The minimum atomic E-state index is -4.07. The number of halogens is 1. The summed E-state index contributed by atoms with van der Waals surface area (Å²) < 4.78 is 33.6. The minimum absolute atomic E-state index is 0.0497. The van der Waals surface area contributed by atoms with Crippen molar-refractivity contribution in [1.82, 2.24) is 10.2 Å². The average molecular weight is 337 g/mol. The quantitative estimate of drug-likeness (QED) is 0.664. The lowest BCUT2D eigenvalue weighted by molar-refractivity contribution is -0.0155. The molecule has 1 heterocycles. The summed E-state index contributed by atoms with van der Waals surface area (Å²) in [6.45, 7) is 1.47. The highest BCUT2D eigenvalue weighted by Gasteiger charge is 2.31. The number of aryl methyl sites for hydroxylation is 1. The number of ether oxygens (including phenoxy) is 2. The second-order valence-corrected chi connectivity index (χ2v) is 7.52. The Kier molecular flexibility index (Phi) is 4.90. The smallest absolute Gasteiger partial charge is 0.360 e. The molecule has 1 aromatic heterocycles. The number of nitrogens with one attached hydrogen (secondary N) is 1. The van der Waals surface area contributed by atoms with Gasteiger partial charge >= 0.3 is 5.97 Å². The van der Waals surface area contributed by atoms with Crippen LogP contribution in [0.2, 0.25) is 0 Å². The van der Waals surface area contributed by atoms with Crippen molar-refractivity contribution >= 4 is 25.7 Å². The van der Waals surface area contributed by atoms with Crippen molar-refractivity contribution < 1.29 is 22.7 Å². The number of hydrogen-bond donors (Lipinski definition) is 1. The Morgan fingerprint density at radius 2 is 2.05 bits per heavy atom. The fourth-order valence-corrected chi connectivity index (χ4v) is 3.82. The first-order valence-corrected chi connectivity index (χ1v) is 8.87. The Labute approximate surface area is 127 Å². The standard InChI is InChI=1S/C12H17ClN2O5S/c1-7-11(21(13,17)18)10(15-14-7)12(16)20-9-5-3-4-8(6-9)19-2/h8-9H,3-6H2,1-2H3,(H,14,15). The van der Waals surface area contributed by atoms with Crippen molar-refractivity contribution in [3.8, 4) is 0 Å². The molecule has 1 aromatic rings. The Morgan fingerprint density at radius 1 is 1.38 bits per heavy atom. The zero-order valence-electron chi connectivity index (χ0n) is 11.8. The lowest BCUT2D eigenvalue weighted by Crippen LogP contribution is -2.29. The summed E-state index contributed by atoms with van der Waals surface area (Å²) >= 11 is 0. The molecule has 0 bridgehead atoms. The van der Waals surface area contributed by atoms with E-state index >= 15 is 0 Å². The van der Waals surface area contributed by atoms with E-state index in [2.05, 4.69) is 10.2 Å². The van der Waals surface area contributed by atoms with Crippen molar-refractivity contribution in [3.63, 3.8) is 0 Å². The second kappa shape index (κ2) is 6.33. The molecule has 9 heteroatoms. The van der Waals surface area contributed by atoms with Gasteiger partial charge in [-0.25, -0.2) is 13.2 Å². The molecule has 2 rings (SSSR count). The molecule has 21 heavy (non-hydrogen) atoms. The summed E-state index contributed by atoms with van der Waals surface area (Å²) in [6.07, 6.45) is 2.86. The third-order valence-corrected chi connectivity index (χ3v) is 4.96. The summed E-state index contributed by atoms with van der Waals surface area (Å²) in [7, 11) is 2.87. The molecular weight excluding hydrogens is 320 g/mol. The number of carbonyl (C=O) groups is 1. The highest BCUT2D eigenvalue weighted by molar-refractivity contribution is 8.13. The van der Waals surface area contributed by atoms with Crippen molar-refractivity contribution in [3.05, 3.63) is 11.4 Å². The third kappa shape index (κ3) is 3.75. The van der Waals surface area contributed by atoms with Gasteiger partial charge in [0.05, 0.1) is 11.8 Å².